The normalized spacial score (nSPS) is 30.4. The number of hydrogen-bond acceptors (Lipinski definition) is 16. The molecule has 5 aliphatic rings. The molecule has 26 heteroatoms. The lowest BCUT2D eigenvalue weighted by atomic mass is 9.85. The molecule has 5 rings (SSSR count). The molecule has 5 heterocycles. The molecule has 97 heavy (non-hydrogen) atoms. The van der Waals surface area contributed by atoms with Crippen LogP contribution >= 0.6 is 22.6 Å². The van der Waals surface area contributed by atoms with Gasteiger partial charge in [-0.25, -0.2) is 0 Å². The van der Waals surface area contributed by atoms with Gasteiger partial charge in [-0.1, -0.05) is 152 Å². The molecule has 0 spiro atoms. The minimum absolute atomic E-state index is 0.000155. The predicted molar refractivity (Wildman–Crippen MR) is 401 cm³/mol. The van der Waals surface area contributed by atoms with Crippen LogP contribution in [0.5, 0.6) is 0 Å². The minimum atomic E-state index is -5.83. The van der Waals surface area contributed by atoms with E-state index in [2.05, 4.69) is 215 Å². The average Bonchev–Trinajstić information content (AvgIpc) is 1.29. The molecule has 0 N–H and O–H groups in total. The highest BCUT2D eigenvalue weighted by molar-refractivity contribution is 14.1. The number of Topliss-reactive ketones (excluding diaryl/α,β-unsaturated/α-hetero) is 1. The van der Waals surface area contributed by atoms with Crippen molar-refractivity contribution in [2.75, 3.05) is 18.1 Å². The maximum atomic E-state index is 14.9. The van der Waals surface area contributed by atoms with E-state index in [1.807, 2.05) is 0 Å². The van der Waals surface area contributed by atoms with E-state index in [9.17, 15) is 31.2 Å². The highest BCUT2D eigenvalue weighted by atomic mass is 127. The molecule has 0 aromatic heterocycles. The fraction of sp³-hybridized carbons (Fsp3) is 0.915. The quantitative estimate of drug-likeness (QED) is 0.00714. The van der Waals surface area contributed by atoms with Gasteiger partial charge in [0.05, 0.1) is 67.6 Å². The van der Waals surface area contributed by atoms with Gasteiger partial charge in [0.2, 0.25) is 0 Å². The summed E-state index contributed by atoms with van der Waals surface area (Å²) in [5.41, 5.74) is -6.15. The number of carbonyl (C=O) groups excluding carboxylic acids is 2. The van der Waals surface area contributed by atoms with Gasteiger partial charge in [-0.15, -0.1) is 0 Å². The molecule has 0 aliphatic carbocycles. The van der Waals surface area contributed by atoms with Crippen LogP contribution in [0.15, 0.2) is 24.5 Å². The SMILES string of the molecule is C=C(OS(=O)(=O)C(F)(F)F)[C@H](C)C[C@H]1CC[C@@H]2O[C@@H](CCC/C=C/[C@H](O[Si](C)(C)C(C)(C)C)[C@@H]3O[C@H]4CC[C@H](CC(=O)C[C@@H]5[C@@H](OC)[C@@H](C[C@@H](CO[Si](C)(C)C(C)(C)C)O[Si](C)(C)C(C)(C)C)O[C@H]5CC=O)O[C@@H]4[C@H](O[Si](C)(C)C(C)(C)C)[C@@H]3O[Si](C)(C)C(C)(C)C)C[C@]2(CI)O1. The Morgan fingerprint density at radius 3 is 1.74 bits per heavy atom. The molecule has 17 atom stereocenters. The summed E-state index contributed by atoms with van der Waals surface area (Å²) in [6, 6.07) is 0. The lowest BCUT2D eigenvalue weighted by Gasteiger charge is -2.56. The van der Waals surface area contributed by atoms with Gasteiger partial charge < -0.3 is 59.5 Å². The second-order valence-electron chi connectivity index (χ2n) is 36.6. The molecule has 0 saturated carbocycles. The molecule has 566 valence electrons. The van der Waals surface area contributed by atoms with Crippen LogP contribution in [0.25, 0.3) is 0 Å². The van der Waals surface area contributed by atoms with Gasteiger partial charge in [0.15, 0.2) is 41.6 Å². The van der Waals surface area contributed by atoms with Crippen molar-refractivity contribution in [2.24, 2.45) is 11.8 Å². The van der Waals surface area contributed by atoms with Crippen LogP contribution in [-0.2, 0) is 74.4 Å². The molecule has 5 saturated heterocycles. The van der Waals surface area contributed by atoms with Crippen molar-refractivity contribution in [3.63, 3.8) is 0 Å². The maximum Gasteiger partial charge on any atom is 0.534 e. The zero-order valence-electron chi connectivity index (χ0n) is 64.7. The molecule has 0 radical (unpaired) electrons. The Morgan fingerprint density at radius 2 is 1.22 bits per heavy atom. The number of methoxy groups -OCH3 is 1. The van der Waals surface area contributed by atoms with Gasteiger partial charge in [0.25, 0.3) is 0 Å². The van der Waals surface area contributed by atoms with Crippen molar-refractivity contribution in [1.82, 2.24) is 0 Å². The van der Waals surface area contributed by atoms with E-state index >= 15 is 0 Å². The Balaban J connectivity index is 1.42. The first-order valence-electron chi connectivity index (χ1n) is 35.9. The van der Waals surface area contributed by atoms with Gasteiger partial charge in [-0.2, -0.15) is 21.6 Å². The third kappa shape index (κ3) is 22.2. The number of rotatable bonds is 32. The first kappa shape index (κ1) is 87.4. The Hall–Kier alpha value is -0.266. The number of allylic oxidation sites excluding steroid dienone is 2. The number of hydrogen-bond donors (Lipinski definition) is 0. The van der Waals surface area contributed by atoms with E-state index < -0.39 is 136 Å². The number of halogens is 4. The summed E-state index contributed by atoms with van der Waals surface area (Å²) in [6.45, 7) is 61.8. The van der Waals surface area contributed by atoms with Crippen LogP contribution in [0.1, 0.15) is 194 Å². The zero-order chi connectivity index (χ0) is 74.1. The molecule has 0 amide bonds. The van der Waals surface area contributed by atoms with E-state index in [0.29, 0.717) is 49.6 Å². The van der Waals surface area contributed by atoms with Gasteiger partial charge in [0, 0.05) is 55.5 Å². The second kappa shape index (κ2) is 32.8. The summed E-state index contributed by atoms with van der Waals surface area (Å²) in [5.74, 6) is -1.53. The summed E-state index contributed by atoms with van der Waals surface area (Å²) in [6.07, 6.45) is 5.95. The number of carbonyl (C=O) groups is 2. The van der Waals surface area contributed by atoms with Crippen molar-refractivity contribution < 1.29 is 85.9 Å². The molecule has 0 aromatic rings. The monoisotopic (exact) mass is 1600 g/mol. The lowest BCUT2D eigenvalue weighted by molar-refractivity contribution is -0.266. The first-order chi connectivity index (χ1) is 43.9. The van der Waals surface area contributed by atoms with E-state index in [1.165, 1.54) is 0 Å². The number of ketones is 1. The van der Waals surface area contributed by atoms with Gasteiger partial charge in [0.1, 0.15) is 47.8 Å². The molecule has 5 fully saturated rings. The van der Waals surface area contributed by atoms with Crippen molar-refractivity contribution in [2.45, 2.75) is 381 Å². The van der Waals surface area contributed by atoms with Crippen molar-refractivity contribution in [1.29, 1.82) is 0 Å². The van der Waals surface area contributed by atoms with Crippen molar-refractivity contribution in [3.8, 4) is 0 Å². The Labute approximate surface area is 604 Å². The summed E-state index contributed by atoms with van der Waals surface area (Å²) in [5, 5.41) is -0.583. The van der Waals surface area contributed by atoms with Crippen LogP contribution in [0.4, 0.5) is 13.2 Å². The van der Waals surface area contributed by atoms with E-state index in [4.69, 9.17) is 50.6 Å². The van der Waals surface area contributed by atoms with Crippen molar-refractivity contribution >= 4 is 86.4 Å². The third-order valence-electron chi connectivity index (χ3n) is 23.9. The molecule has 0 bridgehead atoms. The highest BCUT2D eigenvalue weighted by Gasteiger charge is 2.59. The average molecular weight is 1600 g/mol. The van der Waals surface area contributed by atoms with E-state index in [0.717, 1.165) is 25.5 Å². The summed E-state index contributed by atoms with van der Waals surface area (Å²) in [7, 11) is -16.4. The second-order valence-corrected chi connectivity index (χ2v) is 62.7. The highest BCUT2D eigenvalue weighted by Crippen LogP contribution is 2.50. The predicted octanol–water partition coefficient (Wildman–Crippen LogP) is 18.3. The standard InChI is InChI=1S/C71H132F3IO16SSi5/c1-47(48(2)87-92(78,79)71(72,73)74)40-51-35-37-59-70(46-75,86-51)44-52(82-59)32-30-29-31-33-57(89-95(23,24)67(9,10)11)62-64(91-97(27,28)69(15,16)17)63(90-96(25,26)68(12,13)14)61-56(85-62)36-34-50(83-61)41-49(77)42-54-55(38-39-76)84-58(60(54)80-18)43-53(88-94(21,22)66(6,7)8)45-81-93(19,20)65(3,4)5/h31,33,39,47,50-64H,2,29-30,32,34-38,40-46H2,1,3-28H3/b33-31+/t47-,50-,51-,52+,53+,54+,55+,56+,57+,58-,59+,60-,61+,62+,63+,64-,70-/m1/s1. The number of aldehydes is 1. The van der Waals surface area contributed by atoms with Gasteiger partial charge in [-0.05, 0) is 142 Å². The molecular weight excluding hydrogens is 1470 g/mol. The van der Waals surface area contributed by atoms with Gasteiger partial charge in [-0.3, -0.25) is 4.79 Å². The van der Waals surface area contributed by atoms with Gasteiger partial charge >= 0.3 is 15.6 Å². The first-order valence-corrected chi connectivity index (χ1v) is 53.4. The lowest BCUT2D eigenvalue weighted by Crippen LogP contribution is -2.69. The van der Waals surface area contributed by atoms with Crippen LogP contribution in [0, 0.1) is 11.8 Å². The summed E-state index contributed by atoms with van der Waals surface area (Å²) >= 11 is 2.33. The third-order valence-corrected chi connectivity index (χ3v) is 48.7. The topological polar surface area (TPSA) is 179 Å². The maximum absolute atomic E-state index is 14.9. The van der Waals surface area contributed by atoms with E-state index in [1.54, 1.807) is 14.0 Å². The van der Waals surface area contributed by atoms with Crippen LogP contribution in [0.2, 0.25) is 90.7 Å². The zero-order valence-corrected chi connectivity index (χ0v) is 72.7. The summed E-state index contributed by atoms with van der Waals surface area (Å²) < 4.78 is 147. The Bertz CT molecular complexity index is 2740. The van der Waals surface area contributed by atoms with Crippen LogP contribution < -0.4 is 0 Å². The Kier molecular flexibility index (Phi) is 29.6. The molecule has 16 nitrogen and oxygen atoms in total. The minimum Gasteiger partial charge on any atom is -0.414 e. The molecule has 0 aromatic carbocycles. The molecule has 0 unspecified atom stereocenters. The fourth-order valence-electron chi connectivity index (χ4n) is 12.6. The molecular formula is C71H132F3IO16SSi5. The summed E-state index contributed by atoms with van der Waals surface area (Å²) in [4.78, 5) is 27.3. The smallest absolute Gasteiger partial charge is 0.414 e. The number of unbranched alkanes of at least 4 members (excludes halogenated alkanes) is 1. The largest absolute Gasteiger partial charge is 0.534 e. The number of fused-ring (bicyclic) bond motifs is 2. The van der Waals surface area contributed by atoms with Crippen molar-refractivity contribution in [3.05, 3.63) is 24.5 Å². The van der Waals surface area contributed by atoms with Crippen LogP contribution in [0.3, 0.4) is 0 Å². The number of alkyl halides is 4. The van der Waals surface area contributed by atoms with E-state index in [-0.39, 0.29) is 87.0 Å². The van der Waals surface area contributed by atoms with Crippen LogP contribution in [-0.4, -0.2) is 177 Å². The number of ether oxygens (including phenoxy) is 6. The molecule has 5 aliphatic heterocycles. The fourth-order valence-corrected chi connectivity index (χ4v) is 20.4. The Morgan fingerprint density at radius 1 is 0.670 bits per heavy atom.